The van der Waals surface area contributed by atoms with E-state index in [2.05, 4.69) is 15.4 Å². The molecule has 1 aliphatic heterocycles. The molecule has 2 aromatic carbocycles. The second-order valence-corrected chi connectivity index (χ2v) is 6.37. The molecule has 1 aromatic heterocycles. The van der Waals surface area contributed by atoms with Crippen molar-refractivity contribution in [2.75, 3.05) is 13.9 Å². The fourth-order valence-corrected chi connectivity index (χ4v) is 3.24. The molecule has 10 heteroatoms. The van der Waals surface area contributed by atoms with Crippen LogP contribution in [-0.2, 0) is 11.0 Å². The van der Waals surface area contributed by atoms with E-state index >= 15 is 0 Å². The maximum Gasteiger partial charge on any atom is 0.299 e. The molecule has 9 nitrogen and oxygen atoms in total. The molecule has 0 saturated heterocycles. The molecule has 0 bridgehead atoms. The Morgan fingerprint density at radius 3 is 2.74 bits per heavy atom. The van der Waals surface area contributed by atoms with Crippen LogP contribution in [-0.4, -0.2) is 37.7 Å². The predicted octanol–water partition coefficient (Wildman–Crippen LogP) is 2.09. The fourth-order valence-electron chi connectivity index (χ4n) is 2.94. The van der Waals surface area contributed by atoms with Gasteiger partial charge in [-0.05, 0) is 42.8 Å². The summed E-state index contributed by atoms with van der Waals surface area (Å²) in [6, 6.07) is 8.65. The number of thiol groups is 1. The van der Waals surface area contributed by atoms with Crippen molar-refractivity contribution in [1.82, 2.24) is 15.4 Å². The first-order valence-corrected chi connectivity index (χ1v) is 8.99. The largest absolute Gasteiger partial charge is 0.493 e. The van der Waals surface area contributed by atoms with Crippen molar-refractivity contribution in [1.29, 1.82) is 0 Å². The molecule has 0 radical (unpaired) electrons. The summed E-state index contributed by atoms with van der Waals surface area (Å²) in [6.45, 7) is 2.10. The van der Waals surface area contributed by atoms with Crippen LogP contribution in [0.2, 0.25) is 0 Å². The monoisotopic (exact) mass is 389 g/mol. The fraction of sp³-hybridized carbons (Fsp3) is 0.176. The highest BCUT2D eigenvalue weighted by Crippen LogP contribution is 2.41. The van der Waals surface area contributed by atoms with E-state index in [0.717, 1.165) is 11.1 Å². The number of hydrogen-bond donors (Lipinski definition) is 2. The number of benzene rings is 2. The quantitative estimate of drug-likeness (QED) is 0.638. The molecule has 4 rings (SSSR count). The zero-order valence-corrected chi connectivity index (χ0v) is 15.3. The van der Waals surface area contributed by atoms with Crippen LogP contribution in [0, 0.1) is 6.92 Å². The normalized spacial score (nSPS) is 12.4. The smallest absolute Gasteiger partial charge is 0.299 e. The average Bonchev–Trinajstić information content (AvgIpc) is 3.30. The first kappa shape index (κ1) is 17.2. The topological polar surface area (TPSA) is 113 Å². The molecule has 1 aliphatic rings. The van der Waals surface area contributed by atoms with Crippen molar-refractivity contribution in [2.24, 2.45) is 0 Å². The molecule has 0 aliphatic carbocycles. The molecule has 0 unspecified atom stereocenters. The minimum atomic E-state index is -3.08. The third-order valence-corrected chi connectivity index (χ3v) is 4.45. The van der Waals surface area contributed by atoms with Gasteiger partial charge in [-0.1, -0.05) is 5.21 Å². The van der Waals surface area contributed by atoms with Gasteiger partial charge in [0, 0.05) is 11.1 Å². The minimum absolute atomic E-state index is 0.0773. The summed E-state index contributed by atoms with van der Waals surface area (Å²) < 4.78 is 42.8. The summed E-state index contributed by atoms with van der Waals surface area (Å²) in [5.41, 5.74) is 3.52. The molecule has 27 heavy (non-hydrogen) atoms. The number of nitrogens with one attached hydrogen (secondary N) is 1. The number of H-pyrrole nitrogens is 1. The van der Waals surface area contributed by atoms with E-state index in [1.54, 1.807) is 18.2 Å². The van der Waals surface area contributed by atoms with Crippen LogP contribution in [0.3, 0.4) is 0 Å². The number of rotatable bonds is 5. The number of methoxy groups -OCH3 is 1. The van der Waals surface area contributed by atoms with E-state index < -0.39 is 11.0 Å². The molecular weight excluding hydrogens is 374 g/mol. The Labute approximate surface area is 156 Å². The third kappa shape index (κ3) is 3.14. The number of hydrogen-bond acceptors (Lipinski definition) is 8. The van der Waals surface area contributed by atoms with Crippen LogP contribution >= 0.6 is 0 Å². The first-order chi connectivity index (χ1) is 13.1. The zero-order valence-electron chi connectivity index (χ0n) is 14.4. The van der Waals surface area contributed by atoms with E-state index in [4.69, 9.17) is 18.4 Å². The van der Waals surface area contributed by atoms with Crippen LogP contribution in [0.15, 0.2) is 30.3 Å². The van der Waals surface area contributed by atoms with Gasteiger partial charge >= 0.3 is 0 Å². The molecule has 2 heterocycles. The number of nitrogens with zero attached hydrogens (tertiary/aromatic N) is 2. The van der Waals surface area contributed by atoms with E-state index in [1.807, 2.05) is 19.1 Å². The van der Waals surface area contributed by atoms with Gasteiger partial charge in [-0.2, -0.15) is 8.42 Å². The summed E-state index contributed by atoms with van der Waals surface area (Å²) in [7, 11) is -1.65. The average molecular weight is 389 g/mol. The molecule has 3 aromatic rings. The Balaban J connectivity index is 1.80. The highest BCUT2D eigenvalue weighted by molar-refractivity contribution is 7.67. The maximum absolute atomic E-state index is 11.0. The maximum atomic E-state index is 11.0. The Hall–Kier alpha value is -3.27. The predicted molar refractivity (Wildman–Crippen MR) is 95.6 cm³/mol. The van der Waals surface area contributed by atoms with E-state index in [1.165, 1.54) is 7.11 Å². The van der Waals surface area contributed by atoms with Gasteiger partial charge in [0.25, 0.3) is 11.0 Å². The van der Waals surface area contributed by atoms with Gasteiger partial charge < -0.3 is 18.4 Å². The lowest BCUT2D eigenvalue weighted by Gasteiger charge is -2.09. The molecule has 140 valence electrons. The third-order valence-electron chi connectivity index (χ3n) is 4.11. The molecular formula is C17H15N3O6S. The van der Waals surface area contributed by atoms with Crippen LogP contribution in [0.4, 0.5) is 0 Å². The molecule has 1 N–H and O–H groups in total. The Morgan fingerprint density at radius 2 is 1.96 bits per heavy atom. The van der Waals surface area contributed by atoms with Crippen molar-refractivity contribution in [3.05, 3.63) is 35.9 Å². The Bertz CT molecular complexity index is 1080. The van der Waals surface area contributed by atoms with Crippen LogP contribution in [0.25, 0.3) is 22.5 Å². The molecule has 0 saturated carbocycles. The Kier molecular flexibility index (Phi) is 4.32. The van der Waals surface area contributed by atoms with Crippen molar-refractivity contribution in [2.45, 2.75) is 6.92 Å². The van der Waals surface area contributed by atoms with Gasteiger partial charge in [-0.25, -0.2) is 0 Å². The van der Waals surface area contributed by atoms with E-state index in [9.17, 15) is 8.42 Å². The van der Waals surface area contributed by atoms with Crippen molar-refractivity contribution < 1.29 is 26.8 Å². The highest BCUT2D eigenvalue weighted by Gasteiger charge is 2.21. The van der Waals surface area contributed by atoms with Crippen LogP contribution in [0.5, 0.6) is 23.0 Å². The van der Waals surface area contributed by atoms with Gasteiger partial charge in [0.15, 0.2) is 23.0 Å². The molecule has 0 atom stereocenters. The van der Waals surface area contributed by atoms with Crippen molar-refractivity contribution in [3.63, 3.8) is 0 Å². The lowest BCUT2D eigenvalue weighted by molar-refractivity contribution is 0.173. The zero-order chi connectivity index (χ0) is 19.0. The van der Waals surface area contributed by atoms with Crippen LogP contribution in [0.1, 0.15) is 5.56 Å². The SMILES string of the molecule is COc1ccc(-c2[nH]nnc2-c2cc(C)c3c(c2)OCO3)cc1O[SH](=O)=O. The summed E-state index contributed by atoms with van der Waals surface area (Å²) in [6.07, 6.45) is 0. The lowest BCUT2D eigenvalue weighted by Crippen LogP contribution is -1.95. The summed E-state index contributed by atoms with van der Waals surface area (Å²) in [4.78, 5) is 0. The standard InChI is InChI=1S/C17H15N3O6S/c1-9-5-11(7-14-17(9)25-8-24-14)16-15(18-20-19-16)10-3-4-12(23-2)13(6-10)26-27(21)22/h3-7,27H,8H2,1-2H3,(H,18,19,20). The van der Waals surface area contributed by atoms with Gasteiger partial charge in [0.1, 0.15) is 5.69 Å². The summed E-state index contributed by atoms with van der Waals surface area (Å²) >= 11 is 0. The number of aryl methyl sites for hydroxylation is 1. The highest BCUT2D eigenvalue weighted by atomic mass is 32.2. The molecule has 0 amide bonds. The van der Waals surface area contributed by atoms with Gasteiger partial charge in [-0.15, -0.1) is 5.10 Å². The number of ether oxygens (including phenoxy) is 3. The molecule has 0 spiro atoms. The van der Waals surface area contributed by atoms with Crippen molar-refractivity contribution >= 4 is 11.0 Å². The van der Waals surface area contributed by atoms with Gasteiger partial charge in [0.05, 0.1) is 12.8 Å². The summed E-state index contributed by atoms with van der Waals surface area (Å²) in [5.74, 6) is 1.73. The summed E-state index contributed by atoms with van der Waals surface area (Å²) in [5, 5.41) is 10.9. The van der Waals surface area contributed by atoms with Gasteiger partial charge in [-0.3, -0.25) is 5.10 Å². The van der Waals surface area contributed by atoms with E-state index in [-0.39, 0.29) is 12.5 Å². The van der Waals surface area contributed by atoms with Crippen LogP contribution < -0.4 is 18.4 Å². The molecule has 0 fully saturated rings. The lowest BCUT2D eigenvalue weighted by atomic mass is 10.0. The second kappa shape index (κ2) is 6.80. The van der Waals surface area contributed by atoms with Crippen molar-refractivity contribution in [3.8, 4) is 45.5 Å². The minimum Gasteiger partial charge on any atom is -0.493 e. The Morgan fingerprint density at radius 1 is 1.11 bits per heavy atom. The number of aromatic amines is 1. The first-order valence-electron chi connectivity index (χ1n) is 7.89. The number of fused-ring (bicyclic) bond motifs is 1. The number of aromatic nitrogens is 3. The van der Waals surface area contributed by atoms with E-state index in [0.29, 0.717) is 34.2 Å². The second-order valence-electron chi connectivity index (χ2n) is 5.74. The van der Waals surface area contributed by atoms with Gasteiger partial charge in [0.2, 0.25) is 6.79 Å².